The number of sulfonamides is 1. The minimum Gasteiger partial charge on any atom is -0.323 e. The van der Waals surface area contributed by atoms with Gasteiger partial charge in [-0.1, -0.05) is 12.1 Å². The van der Waals surface area contributed by atoms with Crippen LogP contribution in [0.25, 0.3) is 0 Å². The highest BCUT2D eigenvalue weighted by Gasteiger charge is 2.36. The Morgan fingerprint density at radius 3 is 2.57 bits per heavy atom. The number of hydrogen-bond acceptors (Lipinski definition) is 5. The van der Waals surface area contributed by atoms with Crippen molar-refractivity contribution >= 4 is 15.7 Å². The number of rotatable bonds is 4. The highest BCUT2D eigenvalue weighted by Crippen LogP contribution is 2.28. The quantitative estimate of drug-likeness (QED) is 0.636. The first-order valence-electron chi connectivity index (χ1n) is 7.43. The molecule has 0 amide bonds. The zero-order chi connectivity index (χ0) is 14.9. The average Bonchev–Trinajstić information content (AvgIpc) is 3.17. The van der Waals surface area contributed by atoms with Crippen molar-refractivity contribution in [1.29, 1.82) is 0 Å². The summed E-state index contributed by atoms with van der Waals surface area (Å²) < 4.78 is 27.2. The van der Waals surface area contributed by atoms with Crippen LogP contribution in [0.4, 0.5) is 5.69 Å². The van der Waals surface area contributed by atoms with E-state index in [0.717, 1.165) is 19.5 Å². The zero-order valence-corrected chi connectivity index (χ0v) is 12.8. The summed E-state index contributed by atoms with van der Waals surface area (Å²) in [5, 5.41) is 0. The number of anilines is 1. The third-order valence-corrected chi connectivity index (χ3v) is 6.37. The Kier molecular flexibility index (Phi) is 4.17. The Labute approximate surface area is 125 Å². The van der Waals surface area contributed by atoms with E-state index in [9.17, 15) is 8.42 Å². The summed E-state index contributed by atoms with van der Waals surface area (Å²) in [5.41, 5.74) is 2.92. The van der Waals surface area contributed by atoms with Crippen molar-refractivity contribution in [3.63, 3.8) is 0 Å². The molecule has 0 radical (unpaired) electrons. The molecule has 0 aromatic heterocycles. The predicted molar refractivity (Wildman–Crippen MR) is 82.2 cm³/mol. The molecule has 21 heavy (non-hydrogen) atoms. The lowest BCUT2D eigenvalue weighted by Gasteiger charge is -2.24. The molecule has 1 unspecified atom stereocenters. The summed E-state index contributed by atoms with van der Waals surface area (Å²) in [5.74, 6) is 5.43. The lowest BCUT2D eigenvalue weighted by atomic mass is 10.2. The summed E-state index contributed by atoms with van der Waals surface area (Å²) in [7, 11) is -3.48. The standard InChI is InChI=1S/C14H22N4O2S/c15-16-13-5-1-2-6-14(13)21(19,20)18-10-7-12(11-18)17-8-3-4-9-17/h1-2,5-6,12,16H,3-4,7-11,15H2. The van der Waals surface area contributed by atoms with Crippen LogP contribution in [0.2, 0.25) is 0 Å². The lowest BCUT2D eigenvalue weighted by Crippen LogP contribution is -2.37. The van der Waals surface area contributed by atoms with E-state index in [0.29, 0.717) is 24.8 Å². The number of hydrazine groups is 1. The maximum absolute atomic E-state index is 12.8. The van der Waals surface area contributed by atoms with Gasteiger partial charge in [-0.3, -0.25) is 10.7 Å². The minimum absolute atomic E-state index is 0.259. The number of nitrogen functional groups attached to an aromatic ring is 1. The molecule has 3 N–H and O–H groups in total. The van der Waals surface area contributed by atoms with Crippen molar-refractivity contribution in [2.75, 3.05) is 31.6 Å². The molecule has 2 aliphatic rings. The van der Waals surface area contributed by atoms with Gasteiger partial charge >= 0.3 is 0 Å². The SMILES string of the molecule is NNc1ccccc1S(=O)(=O)N1CCC(N2CCCC2)C1. The van der Waals surface area contributed by atoms with Crippen molar-refractivity contribution in [1.82, 2.24) is 9.21 Å². The maximum atomic E-state index is 12.8. The first kappa shape index (κ1) is 14.8. The van der Waals surface area contributed by atoms with Crippen LogP contribution in [0.15, 0.2) is 29.2 Å². The van der Waals surface area contributed by atoms with Crippen molar-refractivity contribution in [2.24, 2.45) is 5.84 Å². The molecule has 0 saturated carbocycles. The fraction of sp³-hybridized carbons (Fsp3) is 0.571. The van der Waals surface area contributed by atoms with Gasteiger partial charge in [0.2, 0.25) is 10.0 Å². The summed E-state index contributed by atoms with van der Waals surface area (Å²) in [4.78, 5) is 2.68. The van der Waals surface area contributed by atoms with Gasteiger partial charge in [-0.05, 0) is 44.5 Å². The van der Waals surface area contributed by atoms with E-state index in [2.05, 4.69) is 10.3 Å². The number of hydrogen-bond donors (Lipinski definition) is 2. The van der Waals surface area contributed by atoms with Crippen LogP contribution in [0.5, 0.6) is 0 Å². The van der Waals surface area contributed by atoms with Crippen LogP contribution >= 0.6 is 0 Å². The van der Waals surface area contributed by atoms with Gasteiger partial charge in [0, 0.05) is 19.1 Å². The van der Waals surface area contributed by atoms with Crippen LogP contribution in [0.1, 0.15) is 19.3 Å². The van der Waals surface area contributed by atoms with Gasteiger partial charge in [0.05, 0.1) is 5.69 Å². The van der Waals surface area contributed by atoms with E-state index < -0.39 is 10.0 Å². The monoisotopic (exact) mass is 310 g/mol. The summed E-state index contributed by atoms with van der Waals surface area (Å²) in [6.07, 6.45) is 3.36. The van der Waals surface area contributed by atoms with E-state index in [1.807, 2.05) is 0 Å². The predicted octanol–water partition coefficient (Wildman–Crippen LogP) is 0.831. The molecule has 0 aliphatic carbocycles. The second kappa shape index (κ2) is 5.92. The lowest BCUT2D eigenvalue weighted by molar-refractivity contribution is 0.251. The molecule has 0 bridgehead atoms. The van der Waals surface area contributed by atoms with Crippen LogP contribution < -0.4 is 11.3 Å². The minimum atomic E-state index is -3.48. The van der Waals surface area contributed by atoms with Crippen LogP contribution in [0.3, 0.4) is 0 Å². The second-order valence-corrected chi connectivity index (χ2v) is 7.60. The molecule has 1 atom stereocenters. The molecule has 1 aromatic carbocycles. The van der Waals surface area contributed by atoms with Crippen molar-refractivity contribution in [2.45, 2.75) is 30.2 Å². The van der Waals surface area contributed by atoms with Gasteiger partial charge in [-0.25, -0.2) is 8.42 Å². The molecule has 7 heteroatoms. The first-order chi connectivity index (χ1) is 10.1. The van der Waals surface area contributed by atoms with Crippen molar-refractivity contribution in [3.05, 3.63) is 24.3 Å². The molecular weight excluding hydrogens is 288 g/mol. The number of nitrogens with zero attached hydrogens (tertiary/aromatic N) is 2. The summed E-state index contributed by atoms with van der Waals surface area (Å²) in [6.45, 7) is 3.36. The normalized spacial score (nSPS) is 24.5. The van der Waals surface area contributed by atoms with Gasteiger partial charge in [0.1, 0.15) is 4.90 Å². The van der Waals surface area contributed by atoms with Crippen molar-refractivity contribution in [3.8, 4) is 0 Å². The fourth-order valence-corrected chi connectivity index (χ4v) is 4.93. The Balaban J connectivity index is 1.79. The van der Waals surface area contributed by atoms with E-state index >= 15 is 0 Å². The first-order valence-corrected chi connectivity index (χ1v) is 8.87. The maximum Gasteiger partial charge on any atom is 0.245 e. The Morgan fingerprint density at radius 2 is 1.86 bits per heavy atom. The Morgan fingerprint density at radius 1 is 1.14 bits per heavy atom. The molecule has 116 valence electrons. The molecule has 0 spiro atoms. The van der Waals surface area contributed by atoms with E-state index in [4.69, 9.17) is 5.84 Å². The van der Waals surface area contributed by atoms with Crippen LogP contribution in [0, 0.1) is 0 Å². The number of likely N-dealkylation sites (tertiary alicyclic amines) is 1. The van der Waals surface area contributed by atoms with Gasteiger partial charge in [-0.2, -0.15) is 4.31 Å². The van der Waals surface area contributed by atoms with Crippen LogP contribution in [-0.4, -0.2) is 49.8 Å². The topological polar surface area (TPSA) is 78.7 Å². The van der Waals surface area contributed by atoms with E-state index in [1.165, 1.54) is 12.8 Å². The molecule has 1 aromatic rings. The highest BCUT2D eigenvalue weighted by atomic mass is 32.2. The van der Waals surface area contributed by atoms with E-state index in [-0.39, 0.29) is 4.90 Å². The highest BCUT2D eigenvalue weighted by molar-refractivity contribution is 7.89. The van der Waals surface area contributed by atoms with Gasteiger partial charge < -0.3 is 5.43 Å². The molecule has 3 rings (SSSR count). The second-order valence-electron chi connectivity index (χ2n) is 5.69. The number of benzene rings is 1. The fourth-order valence-electron chi connectivity index (χ4n) is 3.28. The zero-order valence-electron chi connectivity index (χ0n) is 12.0. The molecule has 2 saturated heterocycles. The average molecular weight is 310 g/mol. The third-order valence-electron chi connectivity index (χ3n) is 4.44. The summed E-state index contributed by atoms with van der Waals surface area (Å²) in [6, 6.07) is 7.14. The Hall–Kier alpha value is -1.15. The van der Waals surface area contributed by atoms with Gasteiger partial charge in [0.25, 0.3) is 0 Å². The number of para-hydroxylation sites is 1. The number of nitrogens with one attached hydrogen (secondary N) is 1. The molecule has 2 aliphatic heterocycles. The summed E-state index contributed by atoms with van der Waals surface area (Å²) >= 11 is 0. The van der Waals surface area contributed by atoms with Crippen LogP contribution in [-0.2, 0) is 10.0 Å². The van der Waals surface area contributed by atoms with Crippen molar-refractivity contribution < 1.29 is 8.42 Å². The molecule has 2 heterocycles. The largest absolute Gasteiger partial charge is 0.323 e. The molecule has 6 nitrogen and oxygen atoms in total. The third kappa shape index (κ3) is 2.78. The van der Waals surface area contributed by atoms with Gasteiger partial charge in [0.15, 0.2) is 0 Å². The molecule has 2 fully saturated rings. The van der Waals surface area contributed by atoms with E-state index in [1.54, 1.807) is 28.6 Å². The smallest absolute Gasteiger partial charge is 0.245 e. The van der Waals surface area contributed by atoms with Gasteiger partial charge in [-0.15, -0.1) is 0 Å². The molecular formula is C14H22N4O2S. The Bertz CT molecular complexity index is 599. The number of nitrogens with two attached hydrogens (primary N) is 1.